The first-order chi connectivity index (χ1) is 13.0. The van der Waals surface area contributed by atoms with E-state index in [1.165, 1.54) is 17.8 Å². The van der Waals surface area contributed by atoms with Gasteiger partial charge < -0.3 is 4.42 Å². The third-order valence-corrected chi connectivity index (χ3v) is 5.61. The minimum absolute atomic E-state index is 0.405. The number of nitrogens with zero attached hydrogens (tertiary/aromatic N) is 4. The molecule has 2 heterocycles. The van der Waals surface area contributed by atoms with Crippen molar-refractivity contribution in [2.45, 2.75) is 17.8 Å². The van der Waals surface area contributed by atoms with Crippen LogP contribution >= 0.6 is 35.0 Å². The van der Waals surface area contributed by atoms with Crippen LogP contribution in [0.25, 0.3) is 16.7 Å². The Balaban J connectivity index is 1.67. The van der Waals surface area contributed by atoms with Gasteiger partial charge in [-0.05, 0) is 64.9 Å². The molecule has 0 saturated carbocycles. The Morgan fingerprint density at radius 2 is 1.93 bits per heavy atom. The van der Waals surface area contributed by atoms with Crippen molar-refractivity contribution in [1.82, 2.24) is 20.2 Å². The zero-order valence-corrected chi connectivity index (χ0v) is 16.3. The SMILES string of the molecule is Cc1cc2oc(=O)cc(CSc3nnnn3-c3ccc(Cl)cc3)c2cc1Cl. The molecule has 0 spiro atoms. The Morgan fingerprint density at radius 1 is 1.15 bits per heavy atom. The van der Waals surface area contributed by atoms with Gasteiger partial charge in [0.25, 0.3) is 0 Å². The van der Waals surface area contributed by atoms with Crippen molar-refractivity contribution in [2.75, 3.05) is 0 Å². The van der Waals surface area contributed by atoms with Crippen LogP contribution in [0.2, 0.25) is 10.0 Å². The number of aryl methyl sites for hydroxylation is 1. The van der Waals surface area contributed by atoms with Gasteiger partial charge in [-0.25, -0.2) is 4.79 Å². The van der Waals surface area contributed by atoms with Gasteiger partial charge in [0.1, 0.15) is 5.58 Å². The maximum atomic E-state index is 11.9. The van der Waals surface area contributed by atoms with Gasteiger partial charge in [-0.2, -0.15) is 4.68 Å². The molecule has 0 aliphatic heterocycles. The first kappa shape index (κ1) is 18.0. The molecule has 27 heavy (non-hydrogen) atoms. The third-order valence-electron chi connectivity index (χ3n) is 3.98. The van der Waals surface area contributed by atoms with E-state index in [1.807, 2.05) is 25.1 Å². The van der Waals surface area contributed by atoms with Gasteiger partial charge in [-0.3, -0.25) is 0 Å². The van der Waals surface area contributed by atoms with Gasteiger partial charge in [0.05, 0.1) is 5.69 Å². The topological polar surface area (TPSA) is 73.8 Å². The summed E-state index contributed by atoms with van der Waals surface area (Å²) < 4.78 is 6.91. The molecule has 4 aromatic rings. The molecule has 0 atom stereocenters. The zero-order chi connectivity index (χ0) is 19.0. The summed E-state index contributed by atoms with van der Waals surface area (Å²) in [5.74, 6) is 0.482. The summed E-state index contributed by atoms with van der Waals surface area (Å²) >= 11 is 13.6. The summed E-state index contributed by atoms with van der Waals surface area (Å²) in [4.78, 5) is 11.9. The van der Waals surface area contributed by atoms with Gasteiger partial charge in [0, 0.05) is 27.3 Å². The number of tetrazole rings is 1. The Hall–Kier alpha value is -2.35. The molecule has 2 aromatic heterocycles. The fourth-order valence-electron chi connectivity index (χ4n) is 2.62. The van der Waals surface area contributed by atoms with E-state index >= 15 is 0 Å². The quantitative estimate of drug-likeness (QED) is 0.353. The van der Waals surface area contributed by atoms with Crippen molar-refractivity contribution in [2.24, 2.45) is 0 Å². The fourth-order valence-corrected chi connectivity index (χ4v) is 3.79. The van der Waals surface area contributed by atoms with Crippen LogP contribution in [0.5, 0.6) is 0 Å². The molecule has 0 unspecified atom stereocenters. The van der Waals surface area contributed by atoms with Crippen LogP contribution in [0.4, 0.5) is 0 Å². The number of thioether (sulfide) groups is 1. The van der Waals surface area contributed by atoms with Crippen molar-refractivity contribution in [3.63, 3.8) is 0 Å². The molecule has 0 aliphatic carbocycles. The Morgan fingerprint density at radius 3 is 2.70 bits per heavy atom. The van der Waals surface area contributed by atoms with E-state index in [0.29, 0.717) is 26.5 Å². The molecular weight excluding hydrogens is 407 g/mol. The molecule has 0 saturated heterocycles. The average Bonchev–Trinajstić information content (AvgIpc) is 3.10. The molecule has 0 fully saturated rings. The molecule has 0 radical (unpaired) electrons. The van der Waals surface area contributed by atoms with Crippen LogP contribution in [-0.2, 0) is 5.75 Å². The summed E-state index contributed by atoms with van der Waals surface area (Å²) in [6, 6.07) is 12.3. The van der Waals surface area contributed by atoms with Crippen LogP contribution in [-0.4, -0.2) is 20.2 Å². The average molecular weight is 419 g/mol. The zero-order valence-electron chi connectivity index (χ0n) is 14.0. The number of rotatable bonds is 4. The molecule has 0 amide bonds. The largest absolute Gasteiger partial charge is 0.423 e. The Bertz CT molecular complexity index is 1190. The van der Waals surface area contributed by atoms with Crippen molar-refractivity contribution >= 4 is 45.9 Å². The van der Waals surface area contributed by atoms with Crippen molar-refractivity contribution < 1.29 is 4.42 Å². The van der Waals surface area contributed by atoms with Crippen LogP contribution in [0, 0.1) is 6.92 Å². The molecule has 0 N–H and O–H groups in total. The monoisotopic (exact) mass is 418 g/mol. The maximum Gasteiger partial charge on any atom is 0.336 e. The number of halogens is 2. The molecule has 136 valence electrons. The van der Waals surface area contributed by atoms with Gasteiger partial charge in [-0.1, -0.05) is 35.0 Å². The van der Waals surface area contributed by atoms with Gasteiger partial charge in [0.2, 0.25) is 5.16 Å². The van der Waals surface area contributed by atoms with Crippen molar-refractivity contribution in [1.29, 1.82) is 0 Å². The van der Waals surface area contributed by atoms with Gasteiger partial charge >= 0.3 is 5.63 Å². The first-order valence-electron chi connectivity index (χ1n) is 7.91. The molecule has 2 aromatic carbocycles. The number of benzene rings is 2. The van der Waals surface area contributed by atoms with E-state index in [1.54, 1.807) is 22.9 Å². The predicted octanol–water partition coefficient (Wildman–Crippen LogP) is 4.68. The second-order valence-electron chi connectivity index (χ2n) is 5.83. The molecule has 6 nitrogen and oxygen atoms in total. The molecule has 0 bridgehead atoms. The summed E-state index contributed by atoms with van der Waals surface area (Å²) in [5.41, 5.74) is 2.56. The van der Waals surface area contributed by atoms with Crippen LogP contribution < -0.4 is 5.63 Å². The minimum Gasteiger partial charge on any atom is -0.423 e. The van der Waals surface area contributed by atoms with E-state index in [0.717, 1.165) is 22.2 Å². The van der Waals surface area contributed by atoms with E-state index < -0.39 is 5.63 Å². The number of hydrogen-bond donors (Lipinski definition) is 0. The van der Waals surface area contributed by atoms with Crippen LogP contribution in [0.3, 0.4) is 0 Å². The lowest BCUT2D eigenvalue weighted by Gasteiger charge is -2.08. The number of aromatic nitrogens is 4. The molecule has 4 rings (SSSR count). The highest BCUT2D eigenvalue weighted by atomic mass is 35.5. The standard InChI is InChI=1S/C18H12Cl2N4O2S/c1-10-6-16-14(8-15(10)20)11(7-17(25)26-16)9-27-18-21-22-23-24(18)13-4-2-12(19)3-5-13/h2-8H,9H2,1H3. The van der Waals surface area contributed by atoms with Crippen molar-refractivity contribution in [3.05, 3.63) is 74.1 Å². The second kappa shape index (κ2) is 7.34. The van der Waals surface area contributed by atoms with E-state index in [9.17, 15) is 4.79 Å². The maximum absolute atomic E-state index is 11.9. The second-order valence-corrected chi connectivity index (χ2v) is 7.61. The van der Waals surface area contributed by atoms with E-state index in [2.05, 4.69) is 15.5 Å². The molecule has 9 heteroatoms. The lowest BCUT2D eigenvalue weighted by Crippen LogP contribution is -2.02. The summed E-state index contributed by atoms with van der Waals surface area (Å²) in [7, 11) is 0. The lowest BCUT2D eigenvalue weighted by molar-refractivity contribution is 0.559. The smallest absolute Gasteiger partial charge is 0.336 e. The third kappa shape index (κ3) is 3.71. The molecular formula is C18H12Cl2N4O2S. The van der Waals surface area contributed by atoms with E-state index in [4.69, 9.17) is 27.6 Å². The summed E-state index contributed by atoms with van der Waals surface area (Å²) in [6.07, 6.45) is 0. The summed E-state index contributed by atoms with van der Waals surface area (Å²) in [6.45, 7) is 1.86. The highest BCUT2D eigenvalue weighted by Gasteiger charge is 2.13. The number of hydrogen-bond acceptors (Lipinski definition) is 6. The number of fused-ring (bicyclic) bond motifs is 1. The van der Waals surface area contributed by atoms with Crippen LogP contribution in [0.1, 0.15) is 11.1 Å². The molecule has 0 aliphatic rings. The van der Waals surface area contributed by atoms with Gasteiger partial charge in [0.15, 0.2) is 0 Å². The van der Waals surface area contributed by atoms with E-state index in [-0.39, 0.29) is 0 Å². The fraction of sp³-hybridized carbons (Fsp3) is 0.111. The normalized spacial score (nSPS) is 11.2. The van der Waals surface area contributed by atoms with Crippen molar-refractivity contribution in [3.8, 4) is 5.69 Å². The highest BCUT2D eigenvalue weighted by molar-refractivity contribution is 7.98. The summed E-state index contributed by atoms with van der Waals surface area (Å²) in [5, 5.41) is 14.5. The lowest BCUT2D eigenvalue weighted by atomic mass is 10.1. The Kier molecular flexibility index (Phi) is 4.90. The predicted molar refractivity (Wildman–Crippen MR) is 106 cm³/mol. The Labute approximate surface area is 168 Å². The minimum atomic E-state index is -0.405. The highest BCUT2D eigenvalue weighted by Crippen LogP contribution is 2.29. The van der Waals surface area contributed by atoms with Gasteiger partial charge in [-0.15, -0.1) is 5.10 Å². The van der Waals surface area contributed by atoms with Crippen LogP contribution in [0.15, 0.2) is 56.8 Å². The first-order valence-corrected chi connectivity index (χ1v) is 9.65.